The molecule has 708 valence electrons. The summed E-state index contributed by atoms with van der Waals surface area (Å²) in [6.45, 7) is 28.8. The lowest BCUT2D eigenvalue weighted by molar-refractivity contribution is 0.299. The summed E-state index contributed by atoms with van der Waals surface area (Å²) in [5.74, 6) is 1.97. The first kappa shape index (κ1) is 92.5. The molecule has 0 radical (unpaired) electrons. The molecule has 3 aliphatic carbocycles. The monoisotopic (exact) mass is 1910 g/mol. The number of rotatable bonds is 13. The number of para-hydroxylation sites is 4. The Bertz CT molecular complexity index is 9000. The van der Waals surface area contributed by atoms with Crippen molar-refractivity contribution in [1.82, 2.24) is 34.9 Å². The van der Waals surface area contributed by atoms with Crippen molar-refractivity contribution in [3.05, 3.63) is 488 Å². The molecule has 8 heteroatoms. The summed E-state index contributed by atoms with van der Waals surface area (Å²) in [6, 6.07) is 163. The Morgan fingerprint density at radius 3 is 0.925 bits per heavy atom. The number of thiophene rings is 1. The molecule has 0 amide bonds. The molecule has 0 spiro atoms. The van der Waals surface area contributed by atoms with Crippen LogP contribution in [0.4, 0.5) is 0 Å². The molecular weight excluding hydrogens is 1800 g/mol. The molecule has 23 aromatic rings. The Labute approximate surface area is 865 Å². The zero-order valence-corrected chi connectivity index (χ0v) is 85.7. The summed E-state index contributed by atoms with van der Waals surface area (Å²) in [4.78, 5) is 35.8. The largest absolute Gasteiger partial charge is 0.244 e. The molecule has 0 saturated carbocycles. The van der Waals surface area contributed by atoms with Crippen LogP contribution in [-0.4, -0.2) is 34.9 Å². The molecule has 147 heavy (non-hydrogen) atoms. The zero-order valence-electron chi connectivity index (χ0n) is 84.8. The van der Waals surface area contributed by atoms with Crippen LogP contribution in [0.5, 0.6) is 0 Å². The fourth-order valence-corrected chi connectivity index (χ4v) is 23.9. The molecule has 0 N–H and O–H groups in total. The van der Waals surface area contributed by atoms with Gasteiger partial charge in [-0.25, -0.2) is 34.9 Å². The van der Waals surface area contributed by atoms with Crippen molar-refractivity contribution in [2.45, 2.75) is 116 Å². The van der Waals surface area contributed by atoms with Gasteiger partial charge in [-0.1, -0.05) is 471 Å². The van der Waals surface area contributed by atoms with Crippen molar-refractivity contribution < 1.29 is 0 Å². The second-order valence-electron chi connectivity index (χ2n) is 42.6. The maximum atomic E-state index is 5.35. The Morgan fingerprint density at radius 1 is 0.150 bits per heavy atom. The predicted octanol–water partition coefficient (Wildman–Crippen LogP) is 36.9. The van der Waals surface area contributed by atoms with E-state index in [-0.39, 0.29) is 32.5 Å². The number of fused-ring (bicyclic) bond motifs is 14. The number of benzene rings is 19. The van der Waals surface area contributed by atoms with Crippen LogP contribution in [0, 0.1) is 0 Å². The summed E-state index contributed by atoms with van der Waals surface area (Å²) in [7, 11) is 0. The van der Waals surface area contributed by atoms with Crippen LogP contribution in [0.2, 0.25) is 0 Å². The van der Waals surface area contributed by atoms with Crippen molar-refractivity contribution in [2.75, 3.05) is 0 Å². The summed E-state index contributed by atoms with van der Waals surface area (Å²) < 4.78 is 2.57. The molecule has 19 aromatic carbocycles. The SMILES string of the molecule is CC1(C)c2cc(-c3ccccc3-c3ccc(-c4nc(-c5ccccc5)nc(-c5ccccc5)n4)cc3)ccc2-c2c(-c3ccccc3)cccc2C1(C)C.CC1(C)c2cc(-c3nc4ccccc4nc3-c3ccccc3)ccc2-c2c(-c3ccccc3)cccc2C1(C)C.CC1(C)c2ccc(-c3cccc(-c4ccccc4)c3)cc2-c2ccc(-c3nc4ccccc4nc3-c3ccc4c(c3)sc3ccccc34)cc2C1(C)C. The van der Waals surface area contributed by atoms with Gasteiger partial charge in [0.05, 0.1) is 44.8 Å². The lowest BCUT2D eigenvalue weighted by Gasteiger charge is -2.49. The maximum Gasteiger partial charge on any atom is 0.164 e. The Kier molecular flexibility index (Phi) is 23.1. The molecule has 26 rings (SSSR count). The first-order chi connectivity index (χ1) is 71.4. The molecule has 7 nitrogen and oxygen atoms in total. The van der Waals surface area contributed by atoms with E-state index in [1.807, 2.05) is 108 Å². The highest BCUT2D eigenvalue weighted by Gasteiger charge is 2.50. The number of aromatic nitrogens is 7. The fraction of sp³-hybridized carbons (Fsp3) is 0.129. The van der Waals surface area contributed by atoms with Crippen molar-refractivity contribution in [3.8, 4) is 179 Å². The Balaban J connectivity index is 0.000000119. The van der Waals surface area contributed by atoms with Crippen LogP contribution in [0.25, 0.3) is 222 Å². The van der Waals surface area contributed by atoms with Gasteiger partial charge in [0.1, 0.15) is 0 Å². The van der Waals surface area contributed by atoms with Crippen molar-refractivity contribution in [2.24, 2.45) is 0 Å². The van der Waals surface area contributed by atoms with Gasteiger partial charge in [0.25, 0.3) is 0 Å². The van der Waals surface area contributed by atoms with E-state index < -0.39 is 0 Å². The van der Waals surface area contributed by atoms with Gasteiger partial charge in [-0.15, -0.1) is 11.3 Å². The molecule has 0 fully saturated rings. The maximum absolute atomic E-state index is 5.35. The second kappa shape index (κ2) is 36.7. The number of hydrogen-bond acceptors (Lipinski definition) is 8. The third kappa shape index (κ3) is 16.2. The fourth-order valence-electron chi connectivity index (χ4n) is 22.8. The van der Waals surface area contributed by atoms with Crippen molar-refractivity contribution >= 4 is 53.6 Å². The van der Waals surface area contributed by atoms with E-state index in [2.05, 4.69) is 441 Å². The van der Waals surface area contributed by atoms with Crippen LogP contribution in [-0.2, 0) is 32.5 Å². The molecule has 0 saturated heterocycles. The lowest BCUT2D eigenvalue weighted by Crippen LogP contribution is -2.43. The third-order valence-corrected chi connectivity index (χ3v) is 34.1. The highest BCUT2D eigenvalue weighted by atomic mass is 32.1. The van der Waals surface area contributed by atoms with Crippen molar-refractivity contribution in [3.63, 3.8) is 0 Å². The van der Waals surface area contributed by atoms with E-state index in [1.165, 1.54) is 148 Å². The lowest BCUT2D eigenvalue weighted by atomic mass is 9.54. The van der Waals surface area contributed by atoms with Crippen LogP contribution >= 0.6 is 11.3 Å². The van der Waals surface area contributed by atoms with Crippen molar-refractivity contribution in [1.29, 1.82) is 0 Å². The minimum absolute atomic E-state index is 0.0872. The van der Waals surface area contributed by atoms with E-state index in [0.29, 0.717) is 17.5 Å². The molecule has 4 heterocycles. The second-order valence-corrected chi connectivity index (χ2v) is 43.7. The predicted molar refractivity (Wildman–Crippen MR) is 617 cm³/mol. The molecule has 4 aromatic heterocycles. The molecule has 0 atom stereocenters. The van der Waals surface area contributed by atoms with E-state index in [4.69, 9.17) is 34.9 Å². The smallest absolute Gasteiger partial charge is 0.164 e. The number of nitrogens with zero attached hydrogens (tertiary/aromatic N) is 7. The van der Waals surface area contributed by atoms with Gasteiger partial charge in [0, 0.05) is 59.1 Å². The first-order valence-corrected chi connectivity index (χ1v) is 51.9. The average Bonchev–Trinajstić information content (AvgIpc) is 1.23. The minimum Gasteiger partial charge on any atom is -0.244 e. The molecular formula is C139H111N7S. The van der Waals surface area contributed by atoms with E-state index >= 15 is 0 Å². The summed E-state index contributed by atoms with van der Waals surface area (Å²) >= 11 is 1.84. The Hall–Kier alpha value is -16.9. The van der Waals surface area contributed by atoms with E-state index in [0.717, 1.165) is 89.4 Å². The highest BCUT2D eigenvalue weighted by Crippen LogP contribution is 2.61. The van der Waals surface area contributed by atoms with Gasteiger partial charge in [-0.2, -0.15) is 0 Å². The Morgan fingerprint density at radius 2 is 0.442 bits per heavy atom. The number of hydrogen-bond donors (Lipinski definition) is 0. The van der Waals surface area contributed by atoms with E-state index in [1.54, 1.807) is 0 Å². The summed E-state index contributed by atoms with van der Waals surface area (Å²) in [6.07, 6.45) is 0. The zero-order chi connectivity index (χ0) is 100. The standard InChI is InChI=1S/C51H41N3.C50H38N2S.C38H32N2/c1-50(2)44-26-16-25-42(34-17-8-5-9-18-34)46(44)43-32-31-39(33-45(43)51(50,3)4)41-24-15-14-23-40(41)35-27-29-38(30-28-35)49-53-47(36-19-10-6-11-20-36)52-48(54-49)37-21-12-7-13-22-37;1-49(2)41-26-23-34(33-16-12-15-32(27-33)31-13-6-5-7-14-31)28-40(41)37-24-21-35(29-42(37)50(49,3)4)47-48(52-44-19-10-9-18-43(44)51-47)36-22-25-39-38-17-8-11-20-45(38)53-46(39)30-36;1-37(2)30-19-13-18-28(25-14-7-5-8-15-25)34(30)29-23-22-27(24-31(29)38(37,3)4)36-35(26-16-9-6-10-17-26)39-32-20-11-12-21-33(32)40-36/h5-33H,1-4H3;5-30H,1-4H3;5-24H,1-4H3. The molecule has 0 unspecified atom stereocenters. The van der Waals surface area contributed by atoms with Gasteiger partial charge in [-0.05, 0) is 233 Å². The van der Waals surface area contributed by atoms with Gasteiger partial charge in [-0.3, -0.25) is 0 Å². The van der Waals surface area contributed by atoms with Crippen LogP contribution in [0.15, 0.2) is 455 Å². The quantitative estimate of drug-likeness (QED) is 0.114. The van der Waals surface area contributed by atoms with Gasteiger partial charge < -0.3 is 0 Å². The van der Waals surface area contributed by atoms with Gasteiger partial charge in [0.15, 0.2) is 17.5 Å². The van der Waals surface area contributed by atoms with Crippen LogP contribution in [0.1, 0.15) is 116 Å². The first-order valence-electron chi connectivity index (χ1n) is 51.1. The topological polar surface area (TPSA) is 90.2 Å². The highest BCUT2D eigenvalue weighted by molar-refractivity contribution is 7.25. The molecule has 3 aliphatic rings. The summed E-state index contributed by atoms with van der Waals surface area (Å²) in [5.41, 5.74) is 44.7. The van der Waals surface area contributed by atoms with Gasteiger partial charge in [0.2, 0.25) is 0 Å². The van der Waals surface area contributed by atoms with Crippen LogP contribution in [0.3, 0.4) is 0 Å². The van der Waals surface area contributed by atoms with Crippen LogP contribution < -0.4 is 0 Å². The molecule has 0 bridgehead atoms. The normalized spacial score (nSPS) is 14.3. The average molecular weight is 1910 g/mol. The van der Waals surface area contributed by atoms with E-state index in [9.17, 15) is 0 Å². The third-order valence-electron chi connectivity index (χ3n) is 33.0. The minimum atomic E-state index is -0.152. The summed E-state index contributed by atoms with van der Waals surface area (Å²) in [5, 5.41) is 2.59. The van der Waals surface area contributed by atoms with Gasteiger partial charge >= 0.3 is 0 Å². The molecule has 0 aliphatic heterocycles.